The maximum Gasteiger partial charge on any atom is 0.311 e. The van der Waals surface area contributed by atoms with E-state index in [4.69, 9.17) is 5.73 Å². The van der Waals surface area contributed by atoms with E-state index in [-0.39, 0.29) is 18.1 Å². The zero-order valence-corrected chi connectivity index (χ0v) is 10.4. The van der Waals surface area contributed by atoms with Crippen LogP contribution in [0.2, 0.25) is 0 Å². The van der Waals surface area contributed by atoms with Gasteiger partial charge in [-0.15, -0.1) is 0 Å². The molecule has 6 nitrogen and oxygen atoms in total. The number of likely N-dealkylation sites (N-methyl/N-ethyl adjacent to an activating group) is 1. The summed E-state index contributed by atoms with van der Waals surface area (Å²) in [4.78, 5) is 24.0. The van der Waals surface area contributed by atoms with Gasteiger partial charge in [-0.05, 0) is 13.8 Å². The third-order valence-electron chi connectivity index (χ3n) is 1.59. The Hall–Kier alpha value is -1.21. The highest BCUT2D eigenvalue weighted by Gasteiger charge is 2.23. The van der Waals surface area contributed by atoms with Crippen molar-refractivity contribution in [3.8, 4) is 0 Å². The second-order valence-electron chi connectivity index (χ2n) is 4.12. The van der Waals surface area contributed by atoms with Gasteiger partial charge in [0.25, 0.3) is 0 Å². The summed E-state index contributed by atoms with van der Waals surface area (Å²) in [5.74, 6) is -1.53. The summed E-state index contributed by atoms with van der Waals surface area (Å²) in [6, 6.07) is 0. The van der Waals surface area contributed by atoms with Crippen LogP contribution in [0.1, 0.15) is 13.8 Å². The van der Waals surface area contributed by atoms with Crippen LogP contribution < -0.4 is 11.1 Å². The molecule has 0 atom stereocenters. The minimum absolute atomic E-state index is 0.0176. The zero-order chi connectivity index (χ0) is 12.9. The summed E-state index contributed by atoms with van der Waals surface area (Å²) in [6.45, 7) is 3.13. The van der Waals surface area contributed by atoms with E-state index in [1.807, 2.05) is 0 Å². The van der Waals surface area contributed by atoms with Gasteiger partial charge in [0.1, 0.15) is 0 Å². The van der Waals surface area contributed by atoms with Crippen molar-refractivity contribution in [3.63, 3.8) is 0 Å². The van der Waals surface area contributed by atoms with Crippen LogP contribution >= 0.6 is 12.2 Å². The van der Waals surface area contributed by atoms with Gasteiger partial charge in [-0.3, -0.25) is 9.59 Å². The van der Waals surface area contributed by atoms with Gasteiger partial charge < -0.3 is 21.1 Å². The van der Waals surface area contributed by atoms with E-state index in [9.17, 15) is 14.7 Å². The van der Waals surface area contributed by atoms with E-state index in [1.54, 1.807) is 13.8 Å². The maximum atomic E-state index is 11.5. The molecule has 0 rings (SSSR count). The molecule has 0 saturated heterocycles. The topological polar surface area (TPSA) is 95.7 Å². The Bertz CT molecular complexity index is 299. The van der Waals surface area contributed by atoms with Crippen LogP contribution in [-0.2, 0) is 9.59 Å². The van der Waals surface area contributed by atoms with Crippen molar-refractivity contribution >= 4 is 29.0 Å². The highest BCUT2D eigenvalue weighted by atomic mass is 32.1. The molecule has 0 aromatic rings. The number of carbonyl (C=O) groups is 2. The predicted octanol–water partition coefficient (Wildman–Crippen LogP) is -1.38. The Balaban J connectivity index is 4.23. The Morgan fingerprint density at radius 2 is 2.00 bits per heavy atom. The first-order valence-corrected chi connectivity index (χ1v) is 5.08. The Labute approximate surface area is 99.8 Å². The summed E-state index contributed by atoms with van der Waals surface area (Å²) in [5.41, 5.74) is 4.12. The van der Waals surface area contributed by atoms with Crippen molar-refractivity contribution in [2.24, 2.45) is 5.73 Å². The quantitative estimate of drug-likeness (QED) is 0.420. The molecule has 0 spiro atoms. The highest BCUT2D eigenvalue weighted by molar-refractivity contribution is 7.80. The summed E-state index contributed by atoms with van der Waals surface area (Å²) in [7, 11) is 1.43. The lowest BCUT2D eigenvalue weighted by Gasteiger charge is -2.24. The molecular formula is C9H17N3O3S. The van der Waals surface area contributed by atoms with Crippen molar-refractivity contribution in [1.29, 1.82) is 0 Å². The zero-order valence-electron chi connectivity index (χ0n) is 9.61. The Morgan fingerprint density at radius 1 is 1.50 bits per heavy atom. The van der Waals surface area contributed by atoms with Gasteiger partial charge in [0.2, 0.25) is 0 Å². The Kier molecular flexibility index (Phi) is 5.32. The molecule has 0 fully saturated rings. The van der Waals surface area contributed by atoms with Gasteiger partial charge in [-0.1, -0.05) is 12.2 Å². The van der Waals surface area contributed by atoms with Gasteiger partial charge in [0, 0.05) is 13.6 Å². The number of aliphatic hydroxyl groups is 1. The van der Waals surface area contributed by atoms with Crippen LogP contribution in [0.3, 0.4) is 0 Å². The van der Waals surface area contributed by atoms with Crippen LogP contribution in [0.4, 0.5) is 0 Å². The molecule has 92 valence electrons. The minimum atomic E-state index is -1.05. The van der Waals surface area contributed by atoms with Crippen LogP contribution in [-0.4, -0.2) is 52.5 Å². The highest BCUT2D eigenvalue weighted by Crippen LogP contribution is 2.02. The van der Waals surface area contributed by atoms with E-state index < -0.39 is 17.4 Å². The largest absolute Gasteiger partial charge is 0.392 e. The molecule has 0 radical (unpaired) electrons. The molecule has 0 aromatic carbocycles. The van der Waals surface area contributed by atoms with Gasteiger partial charge >= 0.3 is 11.8 Å². The molecule has 0 saturated carbocycles. The number of nitrogens with two attached hydrogens (primary N) is 1. The van der Waals surface area contributed by atoms with E-state index in [2.05, 4.69) is 17.5 Å². The molecule has 16 heavy (non-hydrogen) atoms. The number of nitrogens with one attached hydrogen (secondary N) is 1. The molecule has 0 aliphatic carbocycles. The lowest BCUT2D eigenvalue weighted by molar-refractivity contribution is -0.146. The van der Waals surface area contributed by atoms with E-state index in [1.165, 1.54) is 7.05 Å². The fourth-order valence-corrected chi connectivity index (χ4v) is 1.14. The molecule has 0 heterocycles. The maximum absolute atomic E-state index is 11.5. The van der Waals surface area contributed by atoms with Crippen molar-refractivity contribution in [2.75, 3.05) is 20.1 Å². The Morgan fingerprint density at radius 3 is 2.38 bits per heavy atom. The summed E-state index contributed by atoms with van der Waals surface area (Å²) >= 11 is 4.55. The lowest BCUT2D eigenvalue weighted by atomic mass is 10.1. The monoisotopic (exact) mass is 247 g/mol. The SMILES string of the molecule is CN(CC(C)(C)O)C(=O)C(=O)NCC(N)=S. The smallest absolute Gasteiger partial charge is 0.311 e. The second-order valence-corrected chi connectivity index (χ2v) is 4.65. The molecule has 0 aromatic heterocycles. The lowest BCUT2D eigenvalue weighted by Crippen LogP contribution is -2.47. The van der Waals surface area contributed by atoms with Crippen molar-refractivity contribution in [2.45, 2.75) is 19.4 Å². The average molecular weight is 247 g/mol. The fourth-order valence-electron chi connectivity index (χ4n) is 1.07. The van der Waals surface area contributed by atoms with Crippen molar-refractivity contribution < 1.29 is 14.7 Å². The third-order valence-corrected chi connectivity index (χ3v) is 1.73. The normalized spacial score (nSPS) is 10.8. The number of hydrogen-bond donors (Lipinski definition) is 3. The van der Waals surface area contributed by atoms with Crippen molar-refractivity contribution in [1.82, 2.24) is 10.2 Å². The fraction of sp³-hybridized carbons (Fsp3) is 0.667. The number of rotatable bonds is 4. The van der Waals surface area contributed by atoms with E-state index in [0.717, 1.165) is 4.90 Å². The number of carbonyl (C=O) groups excluding carboxylic acids is 2. The standard InChI is InChI=1S/C9H17N3O3S/c1-9(2,15)5-12(3)8(14)7(13)11-4-6(10)16/h15H,4-5H2,1-3H3,(H2,10,16)(H,11,13). The summed E-state index contributed by atoms with van der Waals surface area (Å²) in [6.07, 6.45) is 0. The van der Waals surface area contributed by atoms with Crippen LogP contribution in [0.25, 0.3) is 0 Å². The van der Waals surface area contributed by atoms with Crippen molar-refractivity contribution in [3.05, 3.63) is 0 Å². The molecule has 0 aliphatic rings. The molecule has 0 aliphatic heterocycles. The molecule has 0 bridgehead atoms. The average Bonchev–Trinajstić information content (AvgIpc) is 2.10. The number of hydrogen-bond acceptors (Lipinski definition) is 4. The third kappa shape index (κ3) is 6.31. The van der Waals surface area contributed by atoms with Gasteiger partial charge in [-0.2, -0.15) is 0 Å². The van der Waals surface area contributed by atoms with Gasteiger partial charge in [0.15, 0.2) is 0 Å². The molecule has 7 heteroatoms. The van der Waals surface area contributed by atoms with Crippen LogP contribution in [0.5, 0.6) is 0 Å². The molecule has 0 unspecified atom stereocenters. The van der Waals surface area contributed by atoms with E-state index >= 15 is 0 Å². The second kappa shape index (κ2) is 5.76. The predicted molar refractivity (Wildman–Crippen MR) is 63.7 cm³/mol. The number of nitrogens with zero attached hydrogens (tertiary/aromatic N) is 1. The first-order chi connectivity index (χ1) is 7.13. The summed E-state index contributed by atoms with van der Waals surface area (Å²) < 4.78 is 0. The molecule has 2 amide bonds. The number of thiocarbonyl (C=S) groups is 1. The van der Waals surface area contributed by atoms with Gasteiger partial charge in [0.05, 0.1) is 17.1 Å². The molecule has 4 N–H and O–H groups in total. The van der Waals surface area contributed by atoms with Crippen LogP contribution in [0.15, 0.2) is 0 Å². The van der Waals surface area contributed by atoms with Gasteiger partial charge in [-0.25, -0.2) is 0 Å². The first-order valence-electron chi connectivity index (χ1n) is 4.67. The molecular weight excluding hydrogens is 230 g/mol. The summed E-state index contributed by atoms with van der Waals surface area (Å²) in [5, 5.41) is 11.7. The number of amides is 2. The van der Waals surface area contributed by atoms with E-state index in [0.29, 0.717) is 0 Å². The van der Waals surface area contributed by atoms with Crippen LogP contribution in [0, 0.1) is 0 Å². The first kappa shape index (κ1) is 14.8. The minimum Gasteiger partial charge on any atom is -0.392 e.